The Hall–Kier alpha value is -0.0200. The third-order valence-corrected chi connectivity index (χ3v) is 2.88. The molecule has 0 spiro atoms. The SMILES string of the molecule is COc1ccsc1CBr. The summed E-state index contributed by atoms with van der Waals surface area (Å²) in [5.74, 6) is 0.983. The Morgan fingerprint density at radius 2 is 2.56 bits per heavy atom. The number of methoxy groups -OCH3 is 1. The molecule has 50 valence electrons. The molecule has 0 atom stereocenters. The van der Waals surface area contributed by atoms with Crippen LogP contribution in [0.15, 0.2) is 11.4 Å². The zero-order valence-electron chi connectivity index (χ0n) is 5.06. The predicted octanol–water partition coefficient (Wildman–Crippen LogP) is 2.65. The highest BCUT2D eigenvalue weighted by atomic mass is 79.9. The summed E-state index contributed by atoms with van der Waals surface area (Å²) in [6.07, 6.45) is 0. The van der Waals surface area contributed by atoms with Crippen LogP contribution in [0, 0.1) is 0 Å². The van der Waals surface area contributed by atoms with Crippen LogP contribution < -0.4 is 4.74 Å². The fourth-order valence-electron chi connectivity index (χ4n) is 0.608. The molecule has 0 amide bonds. The van der Waals surface area contributed by atoms with E-state index in [-0.39, 0.29) is 0 Å². The summed E-state index contributed by atoms with van der Waals surface area (Å²) in [6.45, 7) is 0. The first-order valence-electron chi connectivity index (χ1n) is 2.55. The second kappa shape index (κ2) is 3.22. The van der Waals surface area contributed by atoms with E-state index in [4.69, 9.17) is 4.74 Å². The van der Waals surface area contributed by atoms with Gasteiger partial charge in [-0.15, -0.1) is 11.3 Å². The van der Waals surface area contributed by atoms with Crippen LogP contribution in [-0.2, 0) is 5.33 Å². The summed E-state index contributed by atoms with van der Waals surface area (Å²) in [5.41, 5.74) is 0. The quantitative estimate of drug-likeness (QED) is 0.677. The van der Waals surface area contributed by atoms with Gasteiger partial charge in [0, 0.05) is 5.33 Å². The van der Waals surface area contributed by atoms with E-state index in [0.717, 1.165) is 11.1 Å². The fourth-order valence-corrected chi connectivity index (χ4v) is 1.97. The Labute approximate surface area is 66.8 Å². The Balaban J connectivity index is 2.85. The normalized spacial score (nSPS) is 9.56. The summed E-state index contributed by atoms with van der Waals surface area (Å²) in [5, 5.41) is 2.91. The van der Waals surface area contributed by atoms with Crippen molar-refractivity contribution in [3.63, 3.8) is 0 Å². The van der Waals surface area contributed by atoms with E-state index in [9.17, 15) is 0 Å². The van der Waals surface area contributed by atoms with Crippen molar-refractivity contribution in [1.29, 1.82) is 0 Å². The van der Waals surface area contributed by atoms with Gasteiger partial charge in [0.05, 0.1) is 12.0 Å². The van der Waals surface area contributed by atoms with Crippen molar-refractivity contribution in [3.05, 3.63) is 16.3 Å². The molecule has 0 saturated heterocycles. The molecule has 0 aliphatic rings. The monoisotopic (exact) mass is 206 g/mol. The van der Waals surface area contributed by atoms with E-state index in [1.807, 2.05) is 11.4 Å². The highest BCUT2D eigenvalue weighted by molar-refractivity contribution is 9.08. The molecule has 0 unspecified atom stereocenters. The second-order valence-electron chi connectivity index (χ2n) is 1.55. The maximum absolute atomic E-state index is 5.06. The molecule has 1 heterocycles. The number of hydrogen-bond acceptors (Lipinski definition) is 2. The highest BCUT2D eigenvalue weighted by Crippen LogP contribution is 2.26. The van der Waals surface area contributed by atoms with Crippen LogP contribution in [0.3, 0.4) is 0 Å². The van der Waals surface area contributed by atoms with Crippen LogP contribution in [0.4, 0.5) is 0 Å². The van der Waals surface area contributed by atoms with Crippen LogP contribution in [0.1, 0.15) is 4.88 Å². The van der Waals surface area contributed by atoms with Crippen LogP contribution in [0.25, 0.3) is 0 Å². The molecule has 0 aliphatic carbocycles. The molecule has 0 aliphatic heterocycles. The molecule has 0 fully saturated rings. The van der Waals surface area contributed by atoms with Crippen molar-refractivity contribution in [1.82, 2.24) is 0 Å². The summed E-state index contributed by atoms with van der Waals surface area (Å²) >= 11 is 5.06. The van der Waals surface area contributed by atoms with Gasteiger partial charge in [0.2, 0.25) is 0 Å². The average molecular weight is 207 g/mol. The minimum absolute atomic E-state index is 0.883. The van der Waals surface area contributed by atoms with Gasteiger partial charge in [-0.1, -0.05) is 15.9 Å². The lowest BCUT2D eigenvalue weighted by atomic mass is 10.5. The van der Waals surface area contributed by atoms with E-state index < -0.39 is 0 Å². The molecule has 1 aromatic heterocycles. The predicted molar refractivity (Wildman–Crippen MR) is 43.5 cm³/mol. The average Bonchev–Trinajstić information content (AvgIpc) is 2.33. The summed E-state index contributed by atoms with van der Waals surface area (Å²) in [7, 11) is 1.69. The second-order valence-corrected chi connectivity index (χ2v) is 3.11. The zero-order chi connectivity index (χ0) is 6.69. The van der Waals surface area contributed by atoms with Crippen LogP contribution in [0.2, 0.25) is 0 Å². The van der Waals surface area contributed by atoms with Gasteiger partial charge >= 0.3 is 0 Å². The van der Waals surface area contributed by atoms with Crippen molar-refractivity contribution in [2.75, 3.05) is 7.11 Å². The molecule has 0 bridgehead atoms. The first-order chi connectivity index (χ1) is 4.38. The Morgan fingerprint density at radius 1 is 1.78 bits per heavy atom. The molecule has 0 aromatic carbocycles. The maximum Gasteiger partial charge on any atom is 0.133 e. The molecule has 0 saturated carbocycles. The van der Waals surface area contributed by atoms with Gasteiger partial charge in [0.1, 0.15) is 5.75 Å². The lowest BCUT2D eigenvalue weighted by Gasteiger charge is -1.95. The first kappa shape index (κ1) is 7.09. The third-order valence-electron chi connectivity index (χ3n) is 1.05. The zero-order valence-corrected chi connectivity index (χ0v) is 7.46. The molecule has 3 heteroatoms. The van der Waals surface area contributed by atoms with Gasteiger partial charge in [0.25, 0.3) is 0 Å². The van der Waals surface area contributed by atoms with Gasteiger partial charge in [-0.05, 0) is 11.4 Å². The maximum atomic E-state index is 5.06. The molecule has 1 rings (SSSR count). The third kappa shape index (κ3) is 1.46. The number of hydrogen-bond donors (Lipinski definition) is 0. The van der Waals surface area contributed by atoms with Gasteiger partial charge in [0.15, 0.2) is 0 Å². The van der Waals surface area contributed by atoms with E-state index in [1.165, 1.54) is 4.88 Å². The number of ether oxygens (including phenoxy) is 1. The van der Waals surface area contributed by atoms with Crippen molar-refractivity contribution < 1.29 is 4.74 Å². The summed E-state index contributed by atoms with van der Waals surface area (Å²) in [4.78, 5) is 1.25. The lowest BCUT2D eigenvalue weighted by Crippen LogP contribution is -1.81. The molecule has 9 heavy (non-hydrogen) atoms. The Kier molecular flexibility index (Phi) is 2.54. The molecular weight excluding hydrogens is 200 g/mol. The van der Waals surface area contributed by atoms with Gasteiger partial charge in [-0.3, -0.25) is 0 Å². The summed E-state index contributed by atoms with van der Waals surface area (Å²) in [6, 6.07) is 1.97. The largest absolute Gasteiger partial charge is 0.496 e. The minimum Gasteiger partial charge on any atom is -0.496 e. The van der Waals surface area contributed by atoms with Gasteiger partial charge in [-0.2, -0.15) is 0 Å². The topological polar surface area (TPSA) is 9.23 Å². The Morgan fingerprint density at radius 3 is 3.00 bits per heavy atom. The molecule has 1 nitrogen and oxygen atoms in total. The van der Waals surface area contributed by atoms with E-state index in [2.05, 4.69) is 15.9 Å². The molecule has 0 N–H and O–H groups in total. The molecular formula is C6H7BrOS. The van der Waals surface area contributed by atoms with Crippen molar-refractivity contribution in [2.24, 2.45) is 0 Å². The van der Waals surface area contributed by atoms with E-state index in [0.29, 0.717) is 0 Å². The van der Waals surface area contributed by atoms with E-state index in [1.54, 1.807) is 18.4 Å². The standard InChI is InChI=1S/C6H7BrOS/c1-8-5-2-3-9-6(5)4-7/h2-3H,4H2,1H3. The van der Waals surface area contributed by atoms with Crippen molar-refractivity contribution in [3.8, 4) is 5.75 Å². The minimum atomic E-state index is 0.883. The highest BCUT2D eigenvalue weighted by Gasteiger charge is 1.99. The number of rotatable bonds is 2. The Bertz CT molecular complexity index is 166. The van der Waals surface area contributed by atoms with Gasteiger partial charge < -0.3 is 4.74 Å². The first-order valence-corrected chi connectivity index (χ1v) is 4.55. The number of thiophene rings is 1. The van der Waals surface area contributed by atoms with Crippen molar-refractivity contribution >= 4 is 27.3 Å². The van der Waals surface area contributed by atoms with Crippen molar-refractivity contribution in [2.45, 2.75) is 5.33 Å². The summed E-state index contributed by atoms with van der Waals surface area (Å²) < 4.78 is 5.06. The van der Waals surface area contributed by atoms with E-state index >= 15 is 0 Å². The van der Waals surface area contributed by atoms with Gasteiger partial charge in [-0.25, -0.2) is 0 Å². The smallest absolute Gasteiger partial charge is 0.133 e. The number of halogens is 1. The fraction of sp³-hybridized carbons (Fsp3) is 0.333. The lowest BCUT2D eigenvalue weighted by molar-refractivity contribution is 0.414. The number of alkyl halides is 1. The molecule has 0 radical (unpaired) electrons. The van der Waals surface area contributed by atoms with Crippen LogP contribution in [-0.4, -0.2) is 7.11 Å². The van der Waals surface area contributed by atoms with Crippen LogP contribution >= 0.6 is 27.3 Å². The van der Waals surface area contributed by atoms with Crippen LogP contribution in [0.5, 0.6) is 5.75 Å². The molecule has 1 aromatic rings.